The molecule has 1 aromatic heterocycles. The van der Waals surface area contributed by atoms with Gasteiger partial charge < -0.3 is 9.72 Å². The molecule has 0 saturated heterocycles. The molecule has 0 amide bonds. The summed E-state index contributed by atoms with van der Waals surface area (Å²) in [5.74, 6) is 0.926. The van der Waals surface area contributed by atoms with Gasteiger partial charge >= 0.3 is 0 Å². The average Bonchev–Trinajstić information content (AvgIpc) is 2.82. The Bertz CT molecular complexity index is 761. The molecule has 0 aliphatic carbocycles. The van der Waals surface area contributed by atoms with Crippen molar-refractivity contribution in [3.63, 3.8) is 0 Å². The van der Waals surface area contributed by atoms with E-state index in [1.807, 2.05) is 12.1 Å². The molecular formula is C17H16BrNO. The zero-order chi connectivity index (χ0) is 14.1. The predicted octanol–water partition coefficient (Wildman–Crippen LogP) is 4.84. The second-order valence-electron chi connectivity index (χ2n) is 5.00. The van der Waals surface area contributed by atoms with E-state index in [1.165, 1.54) is 27.6 Å². The van der Waals surface area contributed by atoms with Crippen molar-refractivity contribution in [2.75, 3.05) is 7.11 Å². The van der Waals surface area contributed by atoms with Crippen molar-refractivity contribution < 1.29 is 4.74 Å². The van der Waals surface area contributed by atoms with Crippen molar-refractivity contribution in [3.05, 3.63) is 63.8 Å². The maximum absolute atomic E-state index is 5.45. The number of fused-ring (bicyclic) bond motifs is 1. The minimum atomic E-state index is 0.853. The van der Waals surface area contributed by atoms with Crippen molar-refractivity contribution in [2.24, 2.45) is 0 Å². The van der Waals surface area contributed by atoms with Gasteiger partial charge in [0.25, 0.3) is 0 Å². The van der Waals surface area contributed by atoms with Crippen LogP contribution in [0.15, 0.2) is 47.1 Å². The van der Waals surface area contributed by atoms with Crippen LogP contribution in [0.25, 0.3) is 10.9 Å². The third-order valence-electron chi connectivity index (χ3n) is 3.55. The lowest BCUT2D eigenvalue weighted by Gasteiger charge is -2.08. The van der Waals surface area contributed by atoms with Crippen LogP contribution >= 0.6 is 15.9 Å². The van der Waals surface area contributed by atoms with Crippen molar-refractivity contribution >= 4 is 26.8 Å². The minimum absolute atomic E-state index is 0.853. The van der Waals surface area contributed by atoms with E-state index in [4.69, 9.17) is 4.74 Å². The molecule has 102 valence electrons. The molecule has 0 fully saturated rings. The molecule has 2 nitrogen and oxygen atoms in total. The lowest BCUT2D eigenvalue weighted by atomic mass is 10.0. The summed E-state index contributed by atoms with van der Waals surface area (Å²) < 4.78 is 6.53. The number of rotatable bonds is 3. The molecule has 1 heterocycles. The molecule has 0 bridgehead atoms. The fraction of sp³-hybridized carbons (Fsp3) is 0.176. The van der Waals surface area contributed by atoms with Crippen molar-refractivity contribution in [1.82, 2.24) is 4.98 Å². The molecule has 0 unspecified atom stereocenters. The number of benzene rings is 2. The largest absolute Gasteiger partial charge is 0.496 e. The Kier molecular flexibility index (Phi) is 3.53. The van der Waals surface area contributed by atoms with E-state index in [-0.39, 0.29) is 0 Å². The molecule has 20 heavy (non-hydrogen) atoms. The van der Waals surface area contributed by atoms with Crippen LogP contribution in [0.4, 0.5) is 0 Å². The average molecular weight is 330 g/mol. The first-order valence-corrected chi connectivity index (χ1v) is 7.35. The summed E-state index contributed by atoms with van der Waals surface area (Å²) in [7, 11) is 1.71. The molecule has 3 heteroatoms. The van der Waals surface area contributed by atoms with Gasteiger partial charge in [-0.2, -0.15) is 0 Å². The van der Waals surface area contributed by atoms with Gasteiger partial charge in [-0.25, -0.2) is 0 Å². The fourth-order valence-electron chi connectivity index (χ4n) is 2.53. The summed E-state index contributed by atoms with van der Waals surface area (Å²) in [6.45, 7) is 2.12. The number of aryl methyl sites for hydroxylation is 1. The fourth-order valence-corrected chi connectivity index (χ4v) is 2.94. The third-order valence-corrected chi connectivity index (χ3v) is 4.04. The van der Waals surface area contributed by atoms with Gasteiger partial charge in [0.2, 0.25) is 0 Å². The lowest BCUT2D eigenvalue weighted by Crippen LogP contribution is -1.93. The number of aromatic nitrogens is 1. The van der Waals surface area contributed by atoms with Crippen LogP contribution in [-0.4, -0.2) is 12.1 Å². The number of halogens is 1. The van der Waals surface area contributed by atoms with E-state index in [2.05, 4.69) is 58.3 Å². The van der Waals surface area contributed by atoms with Crippen LogP contribution in [-0.2, 0) is 6.42 Å². The Morgan fingerprint density at radius 1 is 1.10 bits per heavy atom. The summed E-state index contributed by atoms with van der Waals surface area (Å²) in [6, 6.07) is 12.6. The zero-order valence-electron chi connectivity index (χ0n) is 11.5. The standard InChI is InChI=1S/C17H16BrNO/c1-11-3-5-16-15(7-11)13(10-19-16)8-12-9-14(18)4-6-17(12)20-2/h3-7,9-10,19H,8H2,1-2H3. The number of methoxy groups -OCH3 is 1. The molecule has 2 aromatic carbocycles. The van der Waals surface area contributed by atoms with Crippen LogP contribution in [0.1, 0.15) is 16.7 Å². The summed E-state index contributed by atoms with van der Waals surface area (Å²) >= 11 is 3.53. The molecular weight excluding hydrogens is 314 g/mol. The smallest absolute Gasteiger partial charge is 0.122 e. The van der Waals surface area contributed by atoms with Gasteiger partial charge in [-0.1, -0.05) is 27.6 Å². The number of nitrogens with one attached hydrogen (secondary N) is 1. The molecule has 3 aromatic rings. The van der Waals surface area contributed by atoms with Gasteiger partial charge in [0.15, 0.2) is 0 Å². The van der Waals surface area contributed by atoms with E-state index in [0.29, 0.717) is 0 Å². The lowest BCUT2D eigenvalue weighted by molar-refractivity contribution is 0.410. The zero-order valence-corrected chi connectivity index (χ0v) is 13.1. The van der Waals surface area contributed by atoms with Crippen LogP contribution in [0.3, 0.4) is 0 Å². The molecule has 1 N–H and O–H groups in total. The van der Waals surface area contributed by atoms with Crippen molar-refractivity contribution in [2.45, 2.75) is 13.3 Å². The Morgan fingerprint density at radius 3 is 2.75 bits per heavy atom. The molecule has 3 rings (SSSR count). The van der Waals surface area contributed by atoms with Crippen LogP contribution < -0.4 is 4.74 Å². The van der Waals surface area contributed by atoms with Gasteiger partial charge in [0, 0.05) is 28.0 Å². The molecule has 0 aliphatic rings. The van der Waals surface area contributed by atoms with Gasteiger partial charge in [-0.3, -0.25) is 0 Å². The monoisotopic (exact) mass is 329 g/mol. The summed E-state index contributed by atoms with van der Waals surface area (Å²) in [6.07, 6.45) is 2.94. The van der Waals surface area contributed by atoms with Crippen molar-refractivity contribution in [1.29, 1.82) is 0 Å². The van der Waals surface area contributed by atoms with Crippen LogP contribution in [0, 0.1) is 6.92 Å². The summed E-state index contributed by atoms with van der Waals surface area (Å²) in [5, 5.41) is 1.28. The van der Waals surface area contributed by atoms with Gasteiger partial charge in [0.1, 0.15) is 5.75 Å². The SMILES string of the molecule is COc1ccc(Br)cc1Cc1c[nH]c2ccc(C)cc12. The quantitative estimate of drug-likeness (QED) is 0.730. The first-order valence-electron chi connectivity index (χ1n) is 6.56. The molecule has 0 aliphatic heterocycles. The van der Waals surface area contributed by atoms with E-state index >= 15 is 0 Å². The number of H-pyrrole nitrogens is 1. The van der Waals surface area contributed by atoms with Crippen LogP contribution in [0.5, 0.6) is 5.75 Å². The summed E-state index contributed by atoms with van der Waals surface area (Å²) in [4.78, 5) is 3.34. The number of hydrogen-bond acceptors (Lipinski definition) is 1. The first kappa shape index (κ1) is 13.3. The van der Waals surface area contributed by atoms with Gasteiger partial charge in [-0.15, -0.1) is 0 Å². The number of ether oxygens (including phenoxy) is 1. The van der Waals surface area contributed by atoms with E-state index in [9.17, 15) is 0 Å². The number of aromatic amines is 1. The van der Waals surface area contributed by atoms with Gasteiger partial charge in [0.05, 0.1) is 7.11 Å². The summed E-state index contributed by atoms with van der Waals surface area (Å²) in [5.41, 5.74) is 4.93. The molecule has 0 saturated carbocycles. The Balaban J connectivity index is 2.05. The van der Waals surface area contributed by atoms with Crippen LogP contribution in [0.2, 0.25) is 0 Å². The highest BCUT2D eigenvalue weighted by Crippen LogP contribution is 2.28. The third kappa shape index (κ3) is 2.46. The highest BCUT2D eigenvalue weighted by Gasteiger charge is 2.09. The Hall–Kier alpha value is -1.74. The second kappa shape index (κ2) is 5.33. The number of hydrogen-bond donors (Lipinski definition) is 1. The van der Waals surface area contributed by atoms with Gasteiger partial charge in [-0.05, 0) is 48.4 Å². The molecule has 0 radical (unpaired) electrons. The first-order chi connectivity index (χ1) is 9.67. The highest BCUT2D eigenvalue weighted by atomic mass is 79.9. The molecule has 0 spiro atoms. The highest BCUT2D eigenvalue weighted by molar-refractivity contribution is 9.10. The maximum atomic E-state index is 5.45. The maximum Gasteiger partial charge on any atom is 0.122 e. The van der Waals surface area contributed by atoms with Crippen molar-refractivity contribution in [3.8, 4) is 5.75 Å². The van der Waals surface area contributed by atoms with E-state index in [0.717, 1.165) is 16.6 Å². The molecule has 0 atom stereocenters. The Labute approximate surface area is 126 Å². The minimum Gasteiger partial charge on any atom is -0.496 e. The normalized spacial score (nSPS) is 10.9. The Morgan fingerprint density at radius 2 is 1.95 bits per heavy atom. The van der Waals surface area contributed by atoms with E-state index < -0.39 is 0 Å². The topological polar surface area (TPSA) is 25.0 Å². The predicted molar refractivity (Wildman–Crippen MR) is 86.5 cm³/mol. The second-order valence-corrected chi connectivity index (χ2v) is 5.91. The van der Waals surface area contributed by atoms with E-state index in [1.54, 1.807) is 7.11 Å².